The van der Waals surface area contributed by atoms with Gasteiger partial charge in [-0.1, -0.05) is 6.07 Å². The van der Waals surface area contributed by atoms with Crippen molar-refractivity contribution in [1.82, 2.24) is 0 Å². The number of ether oxygens (including phenoxy) is 1. The van der Waals surface area contributed by atoms with Crippen LogP contribution in [0.3, 0.4) is 0 Å². The molecule has 1 atom stereocenters. The van der Waals surface area contributed by atoms with Crippen molar-refractivity contribution in [2.24, 2.45) is 5.73 Å². The van der Waals surface area contributed by atoms with Gasteiger partial charge in [0, 0.05) is 6.54 Å². The van der Waals surface area contributed by atoms with E-state index in [1.165, 1.54) is 17.0 Å². The number of hydrogen-bond acceptors (Lipinski definition) is 3. The van der Waals surface area contributed by atoms with Crippen molar-refractivity contribution >= 4 is 11.8 Å². The Morgan fingerprint density at radius 3 is 3.00 bits per heavy atom. The van der Waals surface area contributed by atoms with Crippen LogP contribution in [0.4, 0.5) is 14.9 Å². The minimum absolute atomic E-state index is 0.275. The molecule has 1 heterocycles. The molecule has 1 saturated heterocycles. The van der Waals surface area contributed by atoms with Gasteiger partial charge < -0.3 is 10.5 Å². The zero-order chi connectivity index (χ0) is 10.8. The Bertz CT molecular complexity index is 383. The molecule has 1 aromatic rings. The van der Waals surface area contributed by atoms with Gasteiger partial charge in [0.05, 0.1) is 12.2 Å². The summed E-state index contributed by atoms with van der Waals surface area (Å²) >= 11 is 0. The van der Waals surface area contributed by atoms with Crippen LogP contribution in [0.25, 0.3) is 0 Å². The van der Waals surface area contributed by atoms with E-state index in [1.54, 1.807) is 12.1 Å². The third kappa shape index (κ3) is 1.92. The lowest BCUT2D eigenvalue weighted by Gasteiger charge is -2.12. The van der Waals surface area contributed by atoms with Gasteiger partial charge in [-0.3, -0.25) is 4.90 Å². The van der Waals surface area contributed by atoms with Crippen LogP contribution in [0.5, 0.6) is 0 Å². The average Bonchev–Trinajstić information content (AvgIpc) is 2.60. The second-order valence-electron chi connectivity index (χ2n) is 3.33. The van der Waals surface area contributed by atoms with E-state index in [-0.39, 0.29) is 18.5 Å². The molecule has 0 spiro atoms. The first-order valence-corrected chi connectivity index (χ1v) is 4.64. The van der Waals surface area contributed by atoms with E-state index >= 15 is 0 Å². The Kier molecular flexibility index (Phi) is 2.55. The maximum absolute atomic E-state index is 12.9. The molecule has 5 heteroatoms. The monoisotopic (exact) mass is 210 g/mol. The molecule has 0 aliphatic carbocycles. The minimum atomic E-state index is -0.476. The number of rotatable bonds is 2. The smallest absolute Gasteiger partial charge is 0.414 e. The molecule has 1 aliphatic heterocycles. The average molecular weight is 210 g/mol. The second kappa shape index (κ2) is 3.86. The van der Waals surface area contributed by atoms with E-state index in [4.69, 9.17) is 10.5 Å². The number of amides is 1. The normalized spacial score (nSPS) is 20.5. The number of benzene rings is 1. The highest BCUT2D eigenvalue weighted by Crippen LogP contribution is 2.21. The van der Waals surface area contributed by atoms with Gasteiger partial charge in [-0.2, -0.15) is 0 Å². The number of cyclic esters (lactones) is 1. The molecule has 1 aliphatic rings. The number of anilines is 1. The van der Waals surface area contributed by atoms with E-state index in [0.29, 0.717) is 12.2 Å². The van der Waals surface area contributed by atoms with E-state index in [1.807, 2.05) is 0 Å². The fourth-order valence-corrected chi connectivity index (χ4v) is 1.50. The summed E-state index contributed by atoms with van der Waals surface area (Å²) in [5, 5.41) is 0. The van der Waals surface area contributed by atoms with Crippen LogP contribution in [0.15, 0.2) is 24.3 Å². The SMILES string of the molecule is NC[C@@H]1CN(c2cccc(F)c2)C(=O)O1. The first kappa shape index (κ1) is 9.92. The molecule has 0 bridgehead atoms. The van der Waals surface area contributed by atoms with Gasteiger partial charge in [-0.25, -0.2) is 9.18 Å². The van der Waals surface area contributed by atoms with Crippen molar-refractivity contribution in [1.29, 1.82) is 0 Å². The van der Waals surface area contributed by atoms with E-state index < -0.39 is 6.09 Å². The molecule has 80 valence electrons. The molecule has 4 nitrogen and oxygen atoms in total. The van der Waals surface area contributed by atoms with Crippen LogP contribution >= 0.6 is 0 Å². The summed E-state index contributed by atoms with van der Waals surface area (Å²) in [6.45, 7) is 0.649. The molecular formula is C10H11FN2O2. The van der Waals surface area contributed by atoms with Crippen molar-refractivity contribution in [3.63, 3.8) is 0 Å². The lowest BCUT2D eigenvalue weighted by molar-refractivity contribution is 0.145. The number of carbonyl (C=O) groups is 1. The second-order valence-corrected chi connectivity index (χ2v) is 3.33. The fourth-order valence-electron chi connectivity index (χ4n) is 1.50. The topological polar surface area (TPSA) is 55.6 Å². The molecule has 0 aromatic heterocycles. The first-order chi connectivity index (χ1) is 7.20. The van der Waals surface area contributed by atoms with Crippen molar-refractivity contribution in [3.05, 3.63) is 30.1 Å². The van der Waals surface area contributed by atoms with E-state index in [2.05, 4.69) is 0 Å². The Labute approximate surface area is 86.4 Å². The zero-order valence-corrected chi connectivity index (χ0v) is 8.02. The van der Waals surface area contributed by atoms with Gasteiger partial charge in [-0.15, -0.1) is 0 Å². The van der Waals surface area contributed by atoms with Crippen molar-refractivity contribution in [2.75, 3.05) is 18.0 Å². The Morgan fingerprint density at radius 2 is 2.40 bits per heavy atom. The van der Waals surface area contributed by atoms with Crippen LogP contribution < -0.4 is 10.6 Å². The van der Waals surface area contributed by atoms with Gasteiger partial charge in [-0.05, 0) is 18.2 Å². The third-order valence-corrected chi connectivity index (χ3v) is 2.26. The van der Waals surface area contributed by atoms with Gasteiger partial charge in [0.25, 0.3) is 0 Å². The van der Waals surface area contributed by atoms with Gasteiger partial charge in [0.2, 0.25) is 0 Å². The maximum Gasteiger partial charge on any atom is 0.414 e. The summed E-state index contributed by atoms with van der Waals surface area (Å²) < 4.78 is 17.9. The predicted octanol–water partition coefficient (Wildman–Crippen LogP) is 1.11. The van der Waals surface area contributed by atoms with Crippen LogP contribution in [0, 0.1) is 5.82 Å². The van der Waals surface area contributed by atoms with Crippen LogP contribution in [-0.4, -0.2) is 25.3 Å². The highest BCUT2D eigenvalue weighted by Gasteiger charge is 2.31. The first-order valence-electron chi connectivity index (χ1n) is 4.64. The summed E-state index contributed by atoms with van der Waals surface area (Å²) in [4.78, 5) is 12.8. The molecule has 2 rings (SSSR count). The molecule has 0 unspecified atom stereocenters. The number of hydrogen-bond donors (Lipinski definition) is 1. The summed E-state index contributed by atoms with van der Waals surface area (Å²) in [6.07, 6.45) is -0.781. The molecule has 15 heavy (non-hydrogen) atoms. The van der Waals surface area contributed by atoms with Gasteiger partial charge in [0.1, 0.15) is 11.9 Å². The number of nitrogens with two attached hydrogens (primary N) is 1. The van der Waals surface area contributed by atoms with E-state index in [9.17, 15) is 9.18 Å². The molecule has 2 N–H and O–H groups in total. The third-order valence-electron chi connectivity index (χ3n) is 2.26. The zero-order valence-electron chi connectivity index (χ0n) is 8.02. The van der Waals surface area contributed by atoms with Gasteiger partial charge >= 0.3 is 6.09 Å². The molecular weight excluding hydrogens is 199 g/mol. The Balaban J connectivity index is 2.21. The van der Waals surface area contributed by atoms with Crippen molar-refractivity contribution in [3.8, 4) is 0 Å². The number of halogens is 1. The molecule has 0 radical (unpaired) electrons. The fraction of sp³-hybridized carbons (Fsp3) is 0.300. The maximum atomic E-state index is 12.9. The van der Waals surface area contributed by atoms with Crippen LogP contribution in [0.2, 0.25) is 0 Å². The molecule has 1 fully saturated rings. The largest absolute Gasteiger partial charge is 0.443 e. The lowest BCUT2D eigenvalue weighted by atomic mass is 10.2. The molecule has 1 aromatic carbocycles. The minimum Gasteiger partial charge on any atom is -0.443 e. The molecule has 1 amide bonds. The number of carbonyl (C=O) groups excluding carboxylic acids is 1. The van der Waals surface area contributed by atoms with Gasteiger partial charge in [0.15, 0.2) is 0 Å². The van der Waals surface area contributed by atoms with Crippen LogP contribution in [0.1, 0.15) is 0 Å². The van der Waals surface area contributed by atoms with E-state index in [0.717, 1.165) is 0 Å². The quantitative estimate of drug-likeness (QED) is 0.795. The summed E-state index contributed by atoms with van der Waals surface area (Å²) in [5.74, 6) is -0.378. The summed E-state index contributed by atoms with van der Waals surface area (Å²) in [5.41, 5.74) is 5.88. The van der Waals surface area contributed by atoms with Crippen LogP contribution in [-0.2, 0) is 4.74 Å². The number of nitrogens with zero attached hydrogens (tertiary/aromatic N) is 1. The Hall–Kier alpha value is -1.62. The Morgan fingerprint density at radius 1 is 1.60 bits per heavy atom. The lowest BCUT2D eigenvalue weighted by Crippen LogP contribution is -2.27. The van der Waals surface area contributed by atoms with Crippen molar-refractivity contribution < 1.29 is 13.9 Å². The van der Waals surface area contributed by atoms with Crippen molar-refractivity contribution in [2.45, 2.75) is 6.10 Å². The highest BCUT2D eigenvalue weighted by molar-refractivity contribution is 5.89. The molecule has 0 saturated carbocycles. The summed E-state index contributed by atoms with van der Waals surface area (Å²) in [6, 6.07) is 5.82. The highest BCUT2D eigenvalue weighted by atomic mass is 19.1. The predicted molar refractivity (Wildman–Crippen MR) is 53.1 cm³/mol. The summed E-state index contributed by atoms with van der Waals surface area (Å²) in [7, 11) is 0. The standard InChI is InChI=1S/C10H11FN2O2/c11-7-2-1-3-8(4-7)13-6-9(5-12)15-10(13)14/h1-4,9H,5-6,12H2/t9-/m1/s1.